The molecule has 0 saturated carbocycles. The number of likely N-dealkylation sites (tertiary alicyclic amines) is 2. The van der Waals surface area contributed by atoms with E-state index in [9.17, 15) is 9.18 Å². The lowest BCUT2D eigenvalue weighted by Gasteiger charge is -2.47. The second kappa shape index (κ2) is 7.00. The predicted molar refractivity (Wildman–Crippen MR) is 92.6 cm³/mol. The molecule has 25 heavy (non-hydrogen) atoms. The summed E-state index contributed by atoms with van der Waals surface area (Å²) in [5.41, 5.74) is 0.446. The maximum absolute atomic E-state index is 13.4. The van der Waals surface area contributed by atoms with Crippen LogP contribution in [0.25, 0.3) is 0 Å². The van der Waals surface area contributed by atoms with Crippen LogP contribution in [-0.2, 0) is 6.54 Å². The molecule has 5 heteroatoms. The van der Waals surface area contributed by atoms with Crippen molar-refractivity contribution in [1.29, 1.82) is 0 Å². The molecule has 2 saturated heterocycles. The number of rotatable bonds is 3. The molecule has 0 unspecified atom stereocenters. The molecule has 2 atom stereocenters. The van der Waals surface area contributed by atoms with E-state index < -0.39 is 0 Å². The lowest BCUT2D eigenvalue weighted by molar-refractivity contribution is 0.0148. The van der Waals surface area contributed by atoms with E-state index in [-0.39, 0.29) is 11.7 Å². The Balaban J connectivity index is 1.43. The largest absolute Gasteiger partial charge is 0.468 e. The fraction of sp³-hybridized carbons (Fsp3) is 0.450. The van der Waals surface area contributed by atoms with Crippen molar-refractivity contribution >= 4 is 5.91 Å². The molecule has 0 spiro atoms. The lowest BCUT2D eigenvalue weighted by Crippen LogP contribution is -2.54. The minimum Gasteiger partial charge on any atom is -0.468 e. The van der Waals surface area contributed by atoms with E-state index >= 15 is 0 Å². The molecule has 1 amide bonds. The third-order valence-corrected chi connectivity index (χ3v) is 5.48. The Morgan fingerprint density at radius 2 is 2.12 bits per heavy atom. The van der Waals surface area contributed by atoms with Crippen molar-refractivity contribution in [2.45, 2.75) is 31.8 Å². The zero-order chi connectivity index (χ0) is 17.2. The molecule has 4 rings (SSSR count). The average Bonchev–Trinajstić information content (AvgIpc) is 3.14. The fourth-order valence-corrected chi connectivity index (χ4v) is 4.29. The van der Waals surface area contributed by atoms with Crippen molar-refractivity contribution in [3.05, 3.63) is 59.8 Å². The molecular formula is C20H23FN2O2. The minimum atomic E-state index is -0.358. The van der Waals surface area contributed by atoms with Gasteiger partial charge in [0.05, 0.1) is 12.8 Å². The maximum atomic E-state index is 13.4. The van der Waals surface area contributed by atoms with Crippen LogP contribution >= 0.6 is 0 Å². The van der Waals surface area contributed by atoms with E-state index in [0.29, 0.717) is 17.5 Å². The van der Waals surface area contributed by atoms with Crippen LogP contribution in [0.5, 0.6) is 0 Å². The summed E-state index contributed by atoms with van der Waals surface area (Å²) in [6, 6.07) is 10.4. The third-order valence-electron chi connectivity index (χ3n) is 5.48. The van der Waals surface area contributed by atoms with Crippen molar-refractivity contribution < 1.29 is 13.6 Å². The van der Waals surface area contributed by atoms with E-state index in [1.165, 1.54) is 12.1 Å². The molecule has 0 radical (unpaired) electrons. The fourth-order valence-electron chi connectivity index (χ4n) is 4.29. The number of benzene rings is 1. The minimum absolute atomic E-state index is 0.0545. The van der Waals surface area contributed by atoms with Gasteiger partial charge in [-0.2, -0.15) is 0 Å². The van der Waals surface area contributed by atoms with E-state index in [4.69, 9.17) is 4.42 Å². The summed E-state index contributed by atoms with van der Waals surface area (Å²) in [7, 11) is 0. The van der Waals surface area contributed by atoms with Gasteiger partial charge in [-0.15, -0.1) is 0 Å². The van der Waals surface area contributed by atoms with Crippen molar-refractivity contribution in [2.75, 3.05) is 19.6 Å². The highest BCUT2D eigenvalue weighted by Crippen LogP contribution is 2.32. The van der Waals surface area contributed by atoms with Crippen LogP contribution in [0.15, 0.2) is 47.1 Å². The van der Waals surface area contributed by atoms with Crippen LogP contribution in [0.4, 0.5) is 4.39 Å². The van der Waals surface area contributed by atoms with Gasteiger partial charge in [0.2, 0.25) is 0 Å². The Morgan fingerprint density at radius 3 is 2.92 bits per heavy atom. The number of carbonyl (C=O) groups excluding carboxylic acids is 1. The standard InChI is InChI=1S/C20H23FN2O2/c21-17-6-1-4-15(12-17)20(24)23-10-8-19-16(13-23)5-2-9-22(19)14-18-7-3-11-25-18/h1,3-4,6-7,11-12,16,19H,2,5,8-10,13-14H2/t16-,19+/m1/s1. The molecule has 132 valence electrons. The third kappa shape index (κ3) is 3.47. The van der Waals surface area contributed by atoms with E-state index in [2.05, 4.69) is 4.90 Å². The van der Waals surface area contributed by atoms with Gasteiger partial charge >= 0.3 is 0 Å². The quantitative estimate of drug-likeness (QED) is 0.856. The second-order valence-corrected chi connectivity index (χ2v) is 7.07. The van der Waals surface area contributed by atoms with Gasteiger partial charge in [-0.05, 0) is 62.1 Å². The Morgan fingerprint density at radius 1 is 1.20 bits per heavy atom. The first-order valence-electron chi connectivity index (χ1n) is 9.02. The zero-order valence-corrected chi connectivity index (χ0v) is 14.2. The van der Waals surface area contributed by atoms with Gasteiger partial charge in [-0.3, -0.25) is 9.69 Å². The van der Waals surface area contributed by atoms with Gasteiger partial charge in [0.1, 0.15) is 11.6 Å². The topological polar surface area (TPSA) is 36.7 Å². The van der Waals surface area contributed by atoms with Crippen LogP contribution in [0.1, 0.15) is 35.4 Å². The molecule has 0 bridgehead atoms. The highest BCUT2D eigenvalue weighted by molar-refractivity contribution is 5.94. The van der Waals surface area contributed by atoms with Crippen LogP contribution < -0.4 is 0 Å². The summed E-state index contributed by atoms with van der Waals surface area (Å²) in [4.78, 5) is 17.1. The molecule has 2 aliphatic rings. The molecule has 2 aliphatic heterocycles. The van der Waals surface area contributed by atoms with Crippen LogP contribution in [0.2, 0.25) is 0 Å². The highest BCUT2D eigenvalue weighted by atomic mass is 19.1. The van der Waals surface area contributed by atoms with Gasteiger partial charge < -0.3 is 9.32 Å². The number of furan rings is 1. The number of hydrogen-bond donors (Lipinski definition) is 0. The maximum Gasteiger partial charge on any atom is 0.253 e. The van der Waals surface area contributed by atoms with Crippen molar-refractivity contribution in [2.24, 2.45) is 5.92 Å². The van der Waals surface area contributed by atoms with Crippen LogP contribution in [-0.4, -0.2) is 41.4 Å². The molecule has 2 aromatic rings. The SMILES string of the molecule is O=C(c1cccc(F)c1)N1CC[C@H]2[C@H](CCCN2Cc2ccco2)C1. The van der Waals surface area contributed by atoms with Gasteiger partial charge in [0.25, 0.3) is 5.91 Å². The molecule has 1 aromatic heterocycles. The summed E-state index contributed by atoms with van der Waals surface area (Å²) in [6.07, 6.45) is 4.97. The number of piperidine rings is 2. The predicted octanol–water partition coefficient (Wildman–Crippen LogP) is 3.55. The molecule has 4 nitrogen and oxygen atoms in total. The van der Waals surface area contributed by atoms with Crippen molar-refractivity contribution in [1.82, 2.24) is 9.80 Å². The van der Waals surface area contributed by atoms with Crippen LogP contribution in [0.3, 0.4) is 0 Å². The molecular weight excluding hydrogens is 319 g/mol. The lowest BCUT2D eigenvalue weighted by atomic mass is 9.83. The summed E-state index contributed by atoms with van der Waals surface area (Å²) < 4.78 is 18.9. The van der Waals surface area contributed by atoms with Gasteiger partial charge in [0.15, 0.2) is 0 Å². The zero-order valence-electron chi connectivity index (χ0n) is 14.2. The Labute approximate surface area is 147 Å². The Hall–Kier alpha value is -2.14. The molecule has 0 aliphatic carbocycles. The highest BCUT2D eigenvalue weighted by Gasteiger charge is 2.37. The first kappa shape index (κ1) is 16.3. The number of hydrogen-bond acceptors (Lipinski definition) is 3. The Kier molecular flexibility index (Phi) is 4.57. The number of halogens is 1. The van der Waals surface area contributed by atoms with Crippen LogP contribution in [0, 0.1) is 11.7 Å². The summed E-state index contributed by atoms with van der Waals surface area (Å²) in [6.45, 7) is 3.41. The molecule has 3 heterocycles. The van der Waals surface area contributed by atoms with Gasteiger partial charge in [-0.1, -0.05) is 6.07 Å². The van der Waals surface area contributed by atoms with Crippen molar-refractivity contribution in [3.8, 4) is 0 Å². The van der Waals surface area contributed by atoms with Gasteiger partial charge in [-0.25, -0.2) is 4.39 Å². The first-order chi connectivity index (χ1) is 12.2. The van der Waals surface area contributed by atoms with E-state index in [0.717, 1.165) is 51.2 Å². The summed E-state index contributed by atoms with van der Waals surface area (Å²) >= 11 is 0. The van der Waals surface area contributed by atoms with Gasteiger partial charge in [0, 0.05) is 24.7 Å². The number of carbonyl (C=O) groups is 1. The number of fused-ring (bicyclic) bond motifs is 1. The average molecular weight is 342 g/mol. The normalized spacial score (nSPS) is 24.1. The number of nitrogens with zero attached hydrogens (tertiary/aromatic N) is 2. The molecule has 2 fully saturated rings. The molecule has 1 aromatic carbocycles. The summed E-state index contributed by atoms with van der Waals surface area (Å²) in [5, 5.41) is 0. The summed E-state index contributed by atoms with van der Waals surface area (Å²) in [5.74, 6) is 1.07. The second-order valence-electron chi connectivity index (χ2n) is 7.07. The smallest absolute Gasteiger partial charge is 0.253 e. The number of amides is 1. The Bertz CT molecular complexity index is 731. The van der Waals surface area contributed by atoms with Crippen molar-refractivity contribution in [3.63, 3.8) is 0 Å². The monoisotopic (exact) mass is 342 g/mol. The van der Waals surface area contributed by atoms with E-state index in [1.54, 1.807) is 18.4 Å². The first-order valence-corrected chi connectivity index (χ1v) is 9.02. The molecule has 0 N–H and O–H groups in total. The van der Waals surface area contributed by atoms with E-state index in [1.807, 2.05) is 17.0 Å².